The van der Waals surface area contributed by atoms with E-state index in [1.165, 1.54) is 0 Å². The van der Waals surface area contributed by atoms with E-state index in [0.29, 0.717) is 17.4 Å². The first-order valence-electron chi connectivity index (χ1n) is 5.56. The Balaban J connectivity index is 2.17. The van der Waals surface area contributed by atoms with Gasteiger partial charge >= 0.3 is 0 Å². The van der Waals surface area contributed by atoms with Crippen molar-refractivity contribution in [3.63, 3.8) is 0 Å². The van der Waals surface area contributed by atoms with E-state index in [1.54, 1.807) is 4.68 Å². The maximum Gasteiger partial charge on any atom is 0.136 e. The molecule has 0 saturated carbocycles. The molecule has 2 aromatic rings. The Morgan fingerprint density at radius 2 is 2.22 bits per heavy atom. The number of thiocarbonyl (C=S) groups is 1. The van der Waals surface area contributed by atoms with Gasteiger partial charge < -0.3 is 11.1 Å². The summed E-state index contributed by atoms with van der Waals surface area (Å²) in [5.41, 5.74) is 8.28. The zero-order valence-electron chi connectivity index (χ0n) is 10.3. The second-order valence-electron chi connectivity index (χ2n) is 4.05. The first kappa shape index (κ1) is 12.5. The van der Waals surface area contributed by atoms with Gasteiger partial charge in [0.2, 0.25) is 0 Å². The number of nitrogens with one attached hydrogen (secondary N) is 1. The highest BCUT2D eigenvalue weighted by Gasteiger charge is 2.07. The first-order valence-corrected chi connectivity index (χ1v) is 5.97. The highest BCUT2D eigenvalue weighted by atomic mass is 32.1. The molecule has 0 aromatic carbocycles. The van der Waals surface area contributed by atoms with Crippen LogP contribution in [0.15, 0.2) is 24.4 Å². The molecule has 0 saturated heterocycles. The lowest BCUT2D eigenvalue weighted by molar-refractivity contribution is 0.747. The van der Waals surface area contributed by atoms with Crippen molar-refractivity contribution < 1.29 is 0 Å². The molecule has 2 heterocycles. The van der Waals surface area contributed by atoms with Crippen molar-refractivity contribution in [1.82, 2.24) is 14.8 Å². The van der Waals surface area contributed by atoms with Gasteiger partial charge in [0.05, 0.1) is 17.8 Å². The molecule has 0 unspecified atom stereocenters. The van der Waals surface area contributed by atoms with Gasteiger partial charge in [-0.1, -0.05) is 12.2 Å². The summed E-state index contributed by atoms with van der Waals surface area (Å²) in [6, 6.07) is 5.72. The van der Waals surface area contributed by atoms with E-state index in [-0.39, 0.29) is 0 Å². The summed E-state index contributed by atoms with van der Waals surface area (Å²) in [6.45, 7) is 2.52. The van der Waals surface area contributed by atoms with Crippen molar-refractivity contribution in [3.8, 4) is 0 Å². The average Bonchev–Trinajstić information content (AvgIpc) is 2.72. The second kappa shape index (κ2) is 5.14. The molecule has 94 valence electrons. The predicted molar refractivity (Wildman–Crippen MR) is 75.4 cm³/mol. The van der Waals surface area contributed by atoms with Crippen molar-refractivity contribution in [2.75, 3.05) is 5.32 Å². The Morgan fingerprint density at radius 3 is 2.83 bits per heavy atom. The Labute approximate surface area is 111 Å². The van der Waals surface area contributed by atoms with Crippen molar-refractivity contribution in [2.45, 2.75) is 13.5 Å². The molecule has 0 radical (unpaired) electrons. The molecular formula is C12H15N5S. The summed E-state index contributed by atoms with van der Waals surface area (Å²) in [5.74, 6) is 0.702. The normalized spacial score (nSPS) is 10.3. The molecule has 3 N–H and O–H groups in total. The highest BCUT2D eigenvalue weighted by molar-refractivity contribution is 7.80. The first-order chi connectivity index (χ1) is 8.56. The van der Waals surface area contributed by atoms with Crippen molar-refractivity contribution in [1.29, 1.82) is 0 Å². The molecular weight excluding hydrogens is 246 g/mol. The smallest absolute Gasteiger partial charge is 0.136 e. The van der Waals surface area contributed by atoms with Gasteiger partial charge in [-0.05, 0) is 25.1 Å². The summed E-state index contributed by atoms with van der Waals surface area (Å²) in [6.07, 6.45) is 1.90. The molecule has 6 heteroatoms. The Hall–Kier alpha value is -1.95. The van der Waals surface area contributed by atoms with E-state index in [4.69, 9.17) is 18.0 Å². The van der Waals surface area contributed by atoms with E-state index in [0.717, 1.165) is 17.0 Å². The zero-order chi connectivity index (χ0) is 13.1. The monoisotopic (exact) mass is 261 g/mol. The summed E-state index contributed by atoms with van der Waals surface area (Å²) in [7, 11) is 1.88. The molecule has 0 atom stereocenters. The summed E-state index contributed by atoms with van der Waals surface area (Å²) < 4.78 is 1.76. The van der Waals surface area contributed by atoms with Crippen molar-refractivity contribution in [2.24, 2.45) is 12.8 Å². The largest absolute Gasteiger partial charge is 0.389 e. The second-order valence-corrected chi connectivity index (χ2v) is 4.49. The van der Waals surface area contributed by atoms with Gasteiger partial charge in [-0.25, -0.2) is 4.98 Å². The molecule has 0 spiro atoms. The molecule has 2 aromatic heterocycles. The minimum Gasteiger partial charge on any atom is -0.389 e. The minimum atomic E-state index is 0.339. The fraction of sp³-hybridized carbons (Fsp3) is 0.250. The predicted octanol–water partition coefficient (Wildman–Crippen LogP) is 1.37. The molecule has 18 heavy (non-hydrogen) atoms. The van der Waals surface area contributed by atoms with Crippen LogP contribution in [0.3, 0.4) is 0 Å². The molecule has 0 aliphatic heterocycles. The maximum absolute atomic E-state index is 5.67. The average molecular weight is 261 g/mol. The Morgan fingerprint density at radius 1 is 1.44 bits per heavy atom. The number of pyridine rings is 1. The van der Waals surface area contributed by atoms with Crippen LogP contribution in [0.2, 0.25) is 0 Å². The van der Waals surface area contributed by atoms with Crippen LogP contribution in [0.4, 0.5) is 5.82 Å². The van der Waals surface area contributed by atoms with Crippen LogP contribution in [0.1, 0.15) is 17.0 Å². The molecule has 0 fully saturated rings. The molecule has 0 amide bonds. The maximum atomic E-state index is 5.67. The Kier molecular flexibility index (Phi) is 3.57. The molecule has 2 rings (SSSR count). The molecule has 5 nitrogen and oxygen atoms in total. The van der Waals surface area contributed by atoms with E-state index in [9.17, 15) is 0 Å². The van der Waals surface area contributed by atoms with Gasteiger partial charge in [0.15, 0.2) is 0 Å². The number of anilines is 1. The quantitative estimate of drug-likeness (QED) is 0.814. The van der Waals surface area contributed by atoms with Gasteiger partial charge in [-0.3, -0.25) is 4.68 Å². The molecule has 0 bridgehead atoms. The third-order valence-electron chi connectivity index (χ3n) is 2.51. The summed E-state index contributed by atoms with van der Waals surface area (Å²) in [5, 5.41) is 7.50. The topological polar surface area (TPSA) is 68.8 Å². The van der Waals surface area contributed by atoms with E-state index < -0.39 is 0 Å². The SMILES string of the molecule is Cc1ccc(C(N)=S)c(NCc2ccn(C)n2)n1. The number of aryl methyl sites for hydroxylation is 2. The summed E-state index contributed by atoms with van der Waals surface area (Å²) in [4.78, 5) is 4.74. The minimum absolute atomic E-state index is 0.339. The van der Waals surface area contributed by atoms with Gasteiger partial charge in [-0.2, -0.15) is 5.10 Å². The third-order valence-corrected chi connectivity index (χ3v) is 2.73. The van der Waals surface area contributed by atoms with Crippen LogP contribution < -0.4 is 11.1 Å². The highest BCUT2D eigenvalue weighted by Crippen LogP contribution is 2.14. The van der Waals surface area contributed by atoms with E-state index in [1.807, 2.05) is 38.4 Å². The lowest BCUT2D eigenvalue weighted by atomic mass is 10.2. The van der Waals surface area contributed by atoms with Gasteiger partial charge in [0, 0.05) is 18.9 Å². The van der Waals surface area contributed by atoms with Crippen molar-refractivity contribution >= 4 is 23.0 Å². The molecule has 0 aliphatic carbocycles. The van der Waals surface area contributed by atoms with Crippen molar-refractivity contribution in [3.05, 3.63) is 41.3 Å². The number of nitrogens with two attached hydrogens (primary N) is 1. The lowest BCUT2D eigenvalue weighted by Crippen LogP contribution is -2.15. The van der Waals surface area contributed by atoms with Gasteiger partial charge in [-0.15, -0.1) is 0 Å². The van der Waals surface area contributed by atoms with Crippen LogP contribution in [0.25, 0.3) is 0 Å². The fourth-order valence-electron chi connectivity index (χ4n) is 1.62. The number of hydrogen-bond acceptors (Lipinski definition) is 4. The van der Waals surface area contributed by atoms with E-state index >= 15 is 0 Å². The Bertz CT molecular complexity index is 576. The van der Waals surface area contributed by atoms with Crippen LogP contribution in [0, 0.1) is 6.92 Å². The van der Waals surface area contributed by atoms with Gasteiger partial charge in [0.1, 0.15) is 10.8 Å². The van der Waals surface area contributed by atoms with E-state index in [2.05, 4.69) is 15.4 Å². The lowest BCUT2D eigenvalue weighted by Gasteiger charge is -2.09. The summed E-state index contributed by atoms with van der Waals surface area (Å²) >= 11 is 5.01. The van der Waals surface area contributed by atoms with Crippen LogP contribution >= 0.6 is 12.2 Å². The van der Waals surface area contributed by atoms with Crippen LogP contribution in [0.5, 0.6) is 0 Å². The van der Waals surface area contributed by atoms with Crippen LogP contribution in [-0.4, -0.2) is 19.8 Å². The third kappa shape index (κ3) is 2.84. The number of rotatable bonds is 4. The number of nitrogens with zero attached hydrogens (tertiary/aromatic N) is 3. The van der Waals surface area contributed by atoms with Crippen LogP contribution in [-0.2, 0) is 13.6 Å². The standard InChI is InChI=1S/C12H15N5S/c1-8-3-4-10(11(13)18)12(15-8)14-7-9-5-6-17(2)16-9/h3-6H,7H2,1-2H3,(H2,13,18)(H,14,15). The molecule has 0 aliphatic rings. The fourth-order valence-corrected chi connectivity index (χ4v) is 1.79. The number of hydrogen-bond donors (Lipinski definition) is 2. The number of aromatic nitrogens is 3. The van der Waals surface area contributed by atoms with Gasteiger partial charge in [0.25, 0.3) is 0 Å². The zero-order valence-corrected chi connectivity index (χ0v) is 11.2.